The van der Waals surface area contributed by atoms with Crippen molar-refractivity contribution in [2.45, 2.75) is 6.42 Å². The molecule has 0 radical (unpaired) electrons. The fourth-order valence-corrected chi connectivity index (χ4v) is 1.84. The molecule has 1 aromatic carbocycles. The van der Waals surface area contributed by atoms with Gasteiger partial charge in [0.1, 0.15) is 5.02 Å². The first-order chi connectivity index (χ1) is 8.41. The van der Waals surface area contributed by atoms with Gasteiger partial charge in [-0.1, -0.05) is 18.2 Å². The zero-order valence-electron chi connectivity index (χ0n) is 9.05. The van der Waals surface area contributed by atoms with Gasteiger partial charge < -0.3 is 0 Å². The van der Waals surface area contributed by atoms with Crippen LogP contribution in [0.15, 0.2) is 30.4 Å². The number of hydrogen-bond acceptors (Lipinski definition) is 4. The van der Waals surface area contributed by atoms with Gasteiger partial charge in [0.25, 0.3) is 11.6 Å². The maximum Gasteiger partial charge on any atom is 0.289 e. The highest BCUT2D eigenvalue weighted by molar-refractivity contribution is 6.33. The molecule has 1 aliphatic rings. The minimum absolute atomic E-state index is 0.0540. The molecule has 7 heteroatoms. The molecule has 92 valence electrons. The summed E-state index contributed by atoms with van der Waals surface area (Å²) in [4.78, 5) is 34.2. The number of rotatable bonds is 2. The molecule has 0 aromatic heterocycles. The molecule has 1 saturated heterocycles. The van der Waals surface area contributed by atoms with Crippen molar-refractivity contribution in [1.82, 2.24) is 0 Å². The van der Waals surface area contributed by atoms with Gasteiger partial charge in [0, 0.05) is 11.6 Å². The molecular formula is C11H7ClN2O4. The lowest BCUT2D eigenvalue weighted by Crippen LogP contribution is -2.28. The van der Waals surface area contributed by atoms with Gasteiger partial charge in [0.05, 0.1) is 17.0 Å². The molecule has 1 aromatic rings. The Kier molecular flexibility index (Phi) is 2.88. The quantitative estimate of drug-likeness (QED) is 0.355. The molecule has 1 heterocycles. The topological polar surface area (TPSA) is 80.5 Å². The third kappa shape index (κ3) is 1.86. The van der Waals surface area contributed by atoms with Crippen LogP contribution in [-0.2, 0) is 9.59 Å². The van der Waals surface area contributed by atoms with Crippen LogP contribution in [0, 0.1) is 10.1 Å². The predicted octanol–water partition coefficient (Wildman–Crippen LogP) is 2.07. The standard InChI is InChI=1S/C11H7ClN2O4/c1-6-4-10(15)13(11(6)16)7-2-3-8(12)9(5-7)14(17)18/h2-3,5H,1,4H2. The largest absolute Gasteiger partial charge is 0.289 e. The van der Waals surface area contributed by atoms with Crippen molar-refractivity contribution in [1.29, 1.82) is 0 Å². The average molecular weight is 267 g/mol. The summed E-state index contributed by atoms with van der Waals surface area (Å²) in [5.41, 5.74) is -0.0652. The highest BCUT2D eigenvalue weighted by Gasteiger charge is 2.34. The molecule has 2 amide bonds. The number of amides is 2. The predicted molar refractivity (Wildman–Crippen MR) is 64.4 cm³/mol. The van der Waals surface area contributed by atoms with E-state index in [1.165, 1.54) is 12.1 Å². The van der Waals surface area contributed by atoms with Crippen LogP contribution in [0.4, 0.5) is 11.4 Å². The summed E-state index contributed by atoms with van der Waals surface area (Å²) in [6.45, 7) is 3.46. The smallest absolute Gasteiger partial charge is 0.274 e. The van der Waals surface area contributed by atoms with Crippen LogP contribution < -0.4 is 4.90 Å². The highest BCUT2D eigenvalue weighted by Crippen LogP contribution is 2.32. The molecule has 0 spiro atoms. The van der Waals surface area contributed by atoms with E-state index in [9.17, 15) is 19.7 Å². The molecule has 18 heavy (non-hydrogen) atoms. The van der Waals surface area contributed by atoms with E-state index in [1.54, 1.807) is 0 Å². The Labute approximate surface area is 107 Å². The van der Waals surface area contributed by atoms with Crippen LogP contribution in [0.25, 0.3) is 0 Å². The van der Waals surface area contributed by atoms with Crippen LogP contribution in [0.5, 0.6) is 0 Å². The fourth-order valence-electron chi connectivity index (χ4n) is 1.65. The molecule has 6 nitrogen and oxygen atoms in total. The van der Waals surface area contributed by atoms with Crippen LogP contribution >= 0.6 is 11.6 Å². The molecule has 0 N–H and O–H groups in total. The van der Waals surface area contributed by atoms with Crippen molar-refractivity contribution in [2.75, 3.05) is 4.90 Å². The van der Waals surface area contributed by atoms with Crippen molar-refractivity contribution in [3.05, 3.63) is 45.5 Å². The van der Waals surface area contributed by atoms with Gasteiger partial charge in [-0.25, -0.2) is 4.90 Å². The Hall–Kier alpha value is -2.21. The SMILES string of the molecule is C=C1CC(=O)N(c2ccc(Cl)c([N+](=O)[O-])c2)C1=O. The second-order valence-electron chi connectivity index (χ2n) is 3.71. The van der Waals surface area contributed by atoms with Crippen LogP contribution in [-0.4, -0.2) is 16.7 Å². The van der Waals surface area contributed by atoms with Gasteiger partial charge in [-0.15, -0.1) is 0 Å². The van der Waals surface area contributed by atoms with Crippen molar-refractivity contribution in [2.24, 2.45) is 0 Å². The zero-order chi connectivity index (χ0) is 13.4. The van der Waals surface area contributed by atoms with Crippen molar-refractivity contribution in [3.63, 3.8) is 0 Å². The number of anilines is 1. The van der Waals surface area contributed by atoms with Crippen molar-refractivity contribution < 1.29 is 14.5 Å². The lowest BCUT2D eigenvalue weighted by molar-refractivity contribution is -0.384. The lowest BCUT2D eigenvalue weighted by Gasteiger charge is -2.13. The number of carbonyl (C=O) groups is 2. The normalized spacial score (nSPS) is 15.4. The van der Waals surface area contributed by atoms with Crippen molar-refractivity contribution in [3.8, 4) is 0 Å². The van der Waals surface area contributed by atoms with Crippen LogP contribution in [0.3, 0.4) is 0 Å². The number of nitrogens with zero attached hydrogens (tertiary/aromatic N) is 2. The summed E-state index contributed by atoms with van der Waals surface area (Å²) in [5, 5.41) is 10.7. The second-order valence-corrected chi connectivity index (χ2v) is 4.11. The Balaban J connectivity index is 2.49. The molecular weight excluding hydrogens is 260 g/mol. The number of nitro groups is 1. The Bertz CT molecular complexity index is 597. The summed E-state index contributed by atoms with van der Waals surface area (Å²) < 4.78 is 0. The van der Waals surface area contributed by atoms with Crippen LogP contribution in [0.2, 0.25) is 5.02 Å². The maximum absolute atomic E-state index is 11.7. The average Bonchev–Trinajstić information content (AvgIpc) is 2.54. The van der Waals surface area contributed by atoms with Gasteiger partial charge in [0.2, 0.25) is 5.91 Å². The van der Waals surface area contributed by atoms with E-state index in [2.05, 4.69) is 6.58 Å². The van der Waals surface area contributed by atoms with E-state index in [4.69, 9.17) is 11.6 Å². The molecule has 1 aliphatic heterocycles. The van der Waals surface area contributed by atoms with E-state index < -0.39 is 16.7 Å². The summed E-state index contributed by atoms with van der Waals surface area (Å²) in [7, 11) is 0. The van der Waals surface area contributed by atoms with Gasteiger partial charge in [-0.3, -0.25) is 19.7 Å². The van der Waals surface area contributed by atoms with E-state index in [0.29, 0.717) is 0 Å². The molecule has 2 rings (SSSR count). The number of benzene rings is 1. The number of halogens is 1. The third-order valence-corrected chi connectivity index (χ3v) is 2.82. The second kappa shape index (κ2) is 4.23. The lowest BCUT2D eigenvalue weighted by atomic mass is 10.2. The minimum Gasteiger partial charge on any atom is -0.274 e. The molecule has 0 aliphatic carbocycles. The van der Waals surface area contributed by atoms with Gasteiger partial charge in [0.15, 0.2) is 0 Å². The Morgan fingerprint density at radius 1 is 1.39 bits per heavy atom. The summed E-state index contributed by atoms with van der Waals surface area (Å²) in [6.07, 6.45) is -0.0741. The molecule has 1 fully saturated rings. The monoisotopic (exact) mass is 266 g/mol. The first-order valence-electron chi connectivity index (χ1n) is 4.91. The first-order valence-corrected chi connectivity index (χ1v) is 5.28. The molecule has 0 saturated carbocycles. The summed E-state index contributed by atoms with van der Waals surface area (Å²) in [6, 6.07) is 3.75. The Morgan fingerprint density at radius 2 is 2.06 bits per heavy atom. The number of carbonyl (C=O) groups excluding carboxylic acids is 2. The molecule has 0 unspecified atom stereocenters. The summed E-state index contributed by atoms with van der Waals surface area (Å²) in [5.74, 6) is -1.00. The molecule has 0 bridgehead atoms. The van der Waals surface area contributed by atoms with E-state index in [-0.39, 0.29) is 28.4 Å². The van der Waals surface area contributed by atoms with E-state index in [0.717, 1.165) is 11.0 Å². The van der Waals surface area contributed by atoms with Crippen molar-refractivity contribution >= 4 is 34.8 Å². The first kappa shape index (κ1) is 12.3. The Morgan fingerprint density at radius 3 is 2.56 bits per heavy atom. The van der Waals surface area contributed by atoms with Gasteiger partial charge >= 0.3 is 0 Å². The highest BCUT2D eigenvalue weighted by atomic mass is 35.5. The number of nitro benzene ring substituents is 1. The number of hydrogen-bond donors (Lipinski definition) is 0. The zero-order valence-corrected chi connectivity index (χ0v) is 9.81. The van der Waals surface area contributed by atoms with Gasteiger partial charge in [-0.2, -0.15) is 0 Å². The maximum atomic E-state index is 11.7. The van der Waals surface area contributed by atoms with E-state index >= 15 is 0 Å². The third-order valence-electron chi connectivity index (χ3n) is 2.50. The van der Waals surface area contributed by atoms with Crippen LogP contribution in [0.1, 0.15) is 6.42 Å². The van der Waals surface area contributed by atoms with E-state index in [1.807, 2.05) is 0 Å². The van der Waals surface area contributed by atoms with Gasteiger partial charge in [-0.05, 0) is 12.1 Å². The molecule has 0 atom stereocenters. The number of imide groups is 1. The fraction of sp³-hybridized carbons (Fsp3) is 0.0909. The summed E-state index contributed by atoms with van der Waals surface area (Å²) >= 11 is 5.65. The minimum atomic E-state index is -0.675.